The maximum absolute atomic E-state index is 6.07. The van der Waals surface area contributed by atoms with Gasteiger partial charge in [0, 0.05) is 16.2 Å². The fraction of sp³-hybridized carbons (Fsp3) is 0.0625. The van der Waals surface area contributed by atoms with Crippen molar-refractivity contribution in [3.05, 3.63) is 59.0 Å². The maximum Gasteiger partial charge on any atom is 0.165 e. The van der Waals surface area contributed by atoms with Gasteiger partial charge in [0.05, 0.1) is 5.69 Å². The topological polar surface area (TPSA) is 103 Å². The molecular weight excluding hydrogens is 294 g/mol. The van der Waals surface area contributed by atoms with Crippen molar-refractivity contribution in [1.29, 1.82) is 0 Å². The molecule has 0 fully saturated rings. The van der Waals surface area contributed by atoms with E-state index in [4.69, 9.17) is 17.3 Å². The first-order valence-corrected chi connectivity index (χ1v) is 7.64. The minimum Gasteiger partial charge on any atom is -0.395 e. The Morgan fingerprint density at radius 1 is 1.05 bits per heavy atom. The lowest BCUT2D eigenvalue weighted by Crippen LogP contribution is -2.13. The van der Waals surface area contributed by atoms with E-state index in [0.29, 0.717) is 23.7 Å². The molecule has 2 heterocycles. The summed E-state index contributed by atoms with van der Waals surface area (Å²) in [6.45, 7) is 0. The number of thiophene rings is 1. The Kier molecular flexibility index (Phi) is 3.95. The van der Waals surface area contributed by atoms with Crippen molar-refractivity contribution in [3.63, 3.8) is 0 Å². The van der Waals surface area contributed by atoms with Gasteiger partial charge >= 0.3 is 0 Å². The zero-order chi connectivity index (χ0) is 15.5. The molecule has 3 rings (SSSR count). The van der Waals surface area contributed by atoms with E-state index in [-0.39, 0.29) is 0 Å². The summed E-state index contributed by atoms with van der Waals surface area (Å²) in [5.41, 5.74) is 17.0. The first kappa shape index (κ1) is 14.4. The predicted octanol–water partition coefficient (Wildman–Crippen LogP) is 2.85. The van der Waals surface area contributed by atoms with Crippen LogP contribution < -0.4 is 22.7 Å². The molecule has 2 aromatic heterocycles. The molecule has 112 valence electrons. The second kappa shape index (κ2) is 6.05. The van der Waals surface area contributed by atoms with E-state index in [1.54, 1.807) is 17.4 Å². The quantitative estimate of drug-likeness (QED) is 0.438. The van der Waals surface area contributed by atoms with Crippen LogP contribution in [-0.2, 0) is 6.42 Å². The first-order valence-electron chi connectivity index (χ1n) is 6.83. The Balaban J connectivity index is 1.89. The average Bonchev–Trinajstić information content (AvgIpc) is 3.00. The van der Waals surface area contributed by atoms with E-state index in [0.717, 1.165) is 5.56 Å². The lowest BCUT2D eigenvalue weighted by Gasteiger charge is -2.10. The number of pyridine rings is 1. The number of rotatable bonds is 4. The van der Waals surface area contributed by atoms with E-state index in [1.807, 2.05) is 18.2 Å². The fourth-order valence-electron chi connectivity index (χ4n) is 2.30. The van der Waals surface area contributed by atoms with Crippen molar-refractivity contribution in [2.24, 2.45) is 5.84 Å². The molecule has 0 saturated carbocycles. The van der Waals surface area contributed by atoms with Crippen LogP contribution in [0.4, 0.5) is 17.3 Å². The SMILES string of the molecule is NNc1nc(N)cc(Cc2ccc(-c3ccccc3)s2)c1N. The zero-order valence-corrected chi connectivity index (χ0v) is 12.7. The summed E-state index contributed by atoms with van der Waals surface area (Å²) in [6, 6.07) is 16.3. The number of hydrazine groups is 1. The van der Waals surface area contributed by atoms with Crippen molar-refractivity contribution >= 4 is 28.7 Å². The molecule has 5 nitrogen and oxygen atoms in total. The Hall–Kier alpha value is -2.57. The van der Waals surface area contributed by atoms with Crippen LogP contribution >= 0.6 is 11.3 Å². The lowest BCUT2D eigenvalue weighted by atomic mass is 10.1. The van der Waals surface area contributed by atoms with Gasteiger partial charge in [0.2, 0.25) is 0 Å². The number of anilines is 3. The molecule has 22 heavy (non-hydrogen) atoms. The van der Waals surface area contributed by atoms with E-state index in [2.05, 4.69) is 34.7 Å². The molecular formula is C16H17N5S. The first-order chi connectivity index (χ1) is 10.7. The van der Waals surface area contributed by atoms with Gasteiger partial charge < -0.3 is 16.9 Å². The number of nitrogens with one attached hydrogen (secondary N) is 1. The number of hydrogen-bond donors (Lipinski definition) is 4. The van der Waals surface area contributed by atoms with Crippen LogP contribution in [0.25, 0.3) is 10.4 Å². The molecule has 0 amide bonds. The molecule has 6 heteroatoms. The summed E-state index contributed by atoms with van der Waals surface area (Å²) in [7, 11) is 0. The highest BCUT2D eigenvalue weighted by atomic mass is 32.1. The van der Waals surface area contributed by atoms with Crippen molar-refractivity contribution < 1.29 is 0 Å². The van der Waals surface area contributed by atoms with Crippen molar-refractivity contribution in [1.82, 2.24) is 4.98 Å². The van der Waals surface area contributed by atoms with Crippen LogP contribution in [0.5, 0.6) is 0 Å². The van der Waals surface area contributed by atoms with Gasteiger partial charge in [0.25, 0.3) is 0 Å². The van der Waals surface area contributed by atoms with E-state index < -0.39 is 0 Å². The van der Waals surface area contributed by atoms with Crippen LogP contribution in [0.1, 0.15) is 10.4 Å². The monoisotopic (exact) mass is 311 g/mol. The predicted molar refractivity (Wildman–Crippen MR) is 93.4 cm³/mol. The highest BCUT2D eigenvalue weighted by Crippen LogP contribution is 2.31. The minimum absolute atomic E-state index is 0.400. The van der Waals surface area contributed by atoms with Gasteiger partial charge in [-0.15, -0.1) is 11.3 Å². The van der Waals surface area contributed by atoms with E-state index in [9.17, 15) is 0 Å². The number of nitrogens with two attached hydrogens (primary N) is 3. The number of nitrogens with zero attached hydrogens (tertiary/aromatic N) is 1. The summed E-state index contributed by atoms with van der Waals surface area (Å²) in [6.07, 6.45) is 0.699. The van der Waals surface area contributed by atoms with Crippen LogP contribution in [0.2, 0.25) is 0 Å². The van der Waals surface area contributed by atoms with Crippen LogP contribution in [0.3, 0.4) is 0 Å². The summed E-state index contributed by atoms with van der Waals surface area (Å²) >= 11 is 1.74. The van der Waals surface area contributed by atoms with Gasteiger partial charge in [0.15, 0.2) is 5.82 Å². The van der Waals surface area contributed by atoms with Gasteiger partial charge in [-0.2, -0.15) is 0 Å². The molecule has 0 aliphatic carbocycles. The lowest BCUT2D eigenvalue weighted by molar-refractivity contribution is 1.18. The standard InChI is InChI=1S/C16H17N5S/c17-14-9-11(15(18)16(20-14)21-19)8-12-6-7-13(22-12)10-4-2-1-3-5-10/h1-7,9H,8,18-19H2,(H3,17,20,21). The van der Waals surface area contributed by atoms with Crippen molar-refractivity contribution in [2.75, 3.05) is 16.9 Å². The molecule has 7 N–H and O–H groups in total. The molecule has 0 atom stereocenters. The largest absolute Gasteiger partial charge is 0.395 e. The second-order valence-corrected chi connectivity index (χ2v) is 6.09. The maximum atomic E-state index is 6.07. The molecule has 0 aliphatic rings. The number of nitrogen functional groups attached to an aromatic ring is 3. The van der Waals surface area contributed by atoms with E-state index >= 15 is 0 Å². The summed E-state index contributed by atoms with van der Waals surface area (Å²) in [5.74, 6) is 6.23. The molecule has 0 aliphatic heterocycles. The van der Waals surface area contributed by atoms with Crippen LogP contribution in [-0.4, -0.2) is 4.98 Å². The number of aromatic nitrogens is 1. The van der Waals surface area contributed by atoms with Crippen molar-refractivity contribution in [3.8, 4) is 10.4 Å². The van der Waals surface area contributed by atoms with Crippen LogP contribution in [0, 0.1) is 0 Å². The highest BCUT2D eigenvalue weighted by Gasteiger charge is 2.10. The second-order valence-electron chi connectivity index (χ2n) is 4.92. The molecule has 1 aromatic carbocycles. The number of benzene rings is 1. The van der Waals surface area contributed by atoms with Gasteiger partial charge in [-0.1, -0.05) is 30.3 Å². The molecule has 3 aromatic rings. The summed E-state index contributed by atoms with van der Waals surface area (Å²) in [4.78, 5) is 6.50. The third-order valence-corrected chi connectivity index (χ3v) is 4.52. The molecule has 0 unspecified atom stereocenters. The fourth-order valence-corrected chi connectivity index (χ4v) is 3.34. The van der Waals surface area contributed by atoms with Gasteiger partial charge in [0.1, 0.15) is 5.82 Å². The molecule has 0 bridgehead atoms. The normalized spacial score (nSPS) is 10.6. The Morgan fingerprint density at radius 2 is 1.82 bits per heavy atom. The highest BCUT2D eigenvalue weighted by molar-refractivity contribution is 7.15. The summed E-state index contributed by atoms with van der Waals surface area (Å²) in [5, 5.41) is 0. The molecule has 0 saturated heterocycles. The Labute approximate surface area is 132 Å². The third-order valence-electron chi connectivity index (χ3n) is 3.39. The smallest absolute Gasteiger partial charge is 0.165 e. The van der Waals surface area contributed by atoms with Crippen molar-refractivity contribution in [2.45, 2.75) is 6.42 Å². The van der Waals surface area contributed by atoms with E-state index in [1.165, 1.54) is 15.3 Å². The number of hydrogen-bond acceptors (Lipinski definition) is 6. The van der Waals surface area contributed by atoms with Gasteiger partial charge in [-0.25, -0.2) is 10.8 Å². The minimum atomic E-state index is 0.400. The summed E-state index contributed by atoms with van der Waals surface area (Å²) < 4.78 is 0. The Morgan fingerprint density at radius 3 is 2.55 bits per heavy atom. The molecule has 0 spiro atoms. The average molecular weight is 311 g/mol. The third kappa shape index (κ3) is 2.88. The van der Waals surface area contributed by atoms with Gasteiger partial charge in [-0.05, 0) is 29.3 Å². The Bertz CT molecular complexity index is 782. The van der Waals surface area contributed by atoms with Gasteiger partial charge in [-0.3, -0.25) is 0 Å². The molecule has 0 radical (unpaired) electrons. The zero-order valence-electron chi connectivity index (χ0n) is 11.9. The van der Waals surface area contributed by atoms with Crippen LogP contribution in [0.15, 0.2) is 48.5 Å².